The lowest BCUT2D eigenvalue weighted by Crippen LogP contribution is -2.21. The van der Waals surface area contributed by atoms with E-state index in [2.05, 4.69) is 10.4 Å². The number of hydrogen-bond donors (Lipinski definition) is 2. The van der Waals surface area contributed by atoms with Gasteiger partial charge in [0.25, 0.3) is 0 Å². The molecular formula is C13H13F2N3O. The standard InChI is InChI=1S/C13H13F2N3O/c1-8-5-6-12(17-7-11(8)18-16)19-13-9(14)3-2-4-10(13)15/h2-5,7,18H,6,16H2,1H3. The predicted octanol–water partition coefficient (Wildman–Crippen LogP) is 2.40. The van der Waals surface area contributed by atoms with Crippen LogP contribution in [-0.4, -0.2) is 5.90 Å². The molecule has 4 nitrogen and oxygen atoms in total. The molecule has 0 unspecified atom stereocenters. The average Bonchev–Trinajstić information content (AvgIpc) is 2.56. The molecule has 3 N–H and O–H groups in total. The highest BCUT2D eigenvalue weighted by Gasteiger charge is 2.14. The Morgan fingerprint density at radius 1 is 1.32 bits per heavy atom. The molecule has 6 heteroatoms. The van der Waals surface area contributed by atoms with E-state index in [4.69, 9.17) is 10.6 Å². The van der Waals surface area contributed by atoms with Crippen LogP contribution in [0, 0.1) is 11.6 Å². The van der Waals surface area contributed by atoms with Gasteiger partial charge in [0.1, 0.15) is 0 Å². The Hall–Kier alpha value is -2.21. The summed E-state index contributed by atoms with van der Waals surface area (Å²) in [5.74, 6) is 3.52. The van der Waals surface area contributed by atoms with Gasteiger partial charge in [-0.15, -0.1) is 0 Å². The number of benzene rings is 1. The predicted molar refractivity (Wildman–Crippen MR) is 68.2 cm³/mol. The van der Waals surface area contributed by atoms with Crippen LogP contribution in [0.2, 0.25) is 0 Å². The fraction of sp³-hybridized carbons (Fsp3) is 0.154. The monoisotopic (exact) mass is 265 g/mol. The minimum atomic E-state index is -0.770. The Morgan fingerprint density at radius 3 is 2.63 bits per heavy atom. The molecule has 1 aromatic carbocycles. The van der Waals surface area contributed by atoms with Crippen LogP contribution in [0.15, 0.2) is 46.7 Å². The van der Waals surface area contributed by atoms with E-state index < -0.39 is 17.4 Å². The second-order valence-corrected chi connectivity index (χ2v) is 3.95. The molecule has 0 radical (unpaired) electrons. The fourth-order valence-corrected chi connectivity index (χ4v) is 1.56. The third kappa shape index (κ3) is 2.97. The van der Waals surface area contributed by atoms with E-state index in [9.17, 15) is 8.78 Å². The molecule has 0 aromatic heterocycles. The quantitative estimate of drug-likeness (QED) is 0.637. The summed E-state index contributed by atoms with van der Waals surface area (Å²) >= 11 is 0. The maximum absolute atomic E-state index is 13.4. The van der Waals surface area contributed by atoms with Crippen LogP contribution in [0.5, 0.6) is 5.75 Å². The zero-order valence-corrected chi connectivity index (χ0v) is 10.3. The van der Waals surface area contributed by atoms with Crippen LogP contribution in [0.4, 0.5) is 8.78 Å². The number of hydrogen-bond acceptors (Lipinski definition) is 4. The number of halogens is 2. The van der Waals surface area contributed by atoms with E-state index >= 15 is 0 Å². The molecule has 1 aliphatic heterocycles. The molecule has 100 valence electrons. The third-order valence-electron chi connectivity index (χ3n) is 2.64. The molecule has 1 heterocycles. The Morgan fingerprint density at radius 2 is 2.00 bits per heavy atom. The summed E-state index contributed by atoms with van der Waals surface area (Å²) in [5.41, 5.74) is 3.97. The smallest absolute Gasteiger partial charge is 0.200 e. The number of hydrazine groups is 1. The van der Waals surface area contributed by atoms with Crippen molar-refractivity contribution in [3.05, 3.63) is 53.4 Å². The van der Waals surface area contributed by atoms with Crippen LogP contribution < -0.4 is 16.0 Å². The number of ether oxygens (including phenoxy) is 1. The van der Waals surface area contributed by atoms with Gasteiger partial charge in [0, 0.05) is 6.42 Å². The van der Waals surface area contributed by atoms with Gasteiger partial charge >= 0.3 is 0 Å². The normalized spacial score (nSPS) is 15.1. The summed E-state index contributed by atoms with van der Waals surface area (Å²) in [6.45, 7) is 1.84. The number of rotatable bonds is 2. The van der Waals surface area contributed by atoms with E-state index in [1.807, 2.05) is 6.92 Å². The maximum Gasteiger partial charge on any atom is 0.200 e. The van der Waals surface area contributed by atoms with Crippen molar-refractivity contribution in [2.75, 3.05) is 0 Å². The van der Waals surface area contributed by atoms with Crippen LogP contribution in [0.3, 0.4) is 0 Å². The first-order valence-electron chi connectivity index (χ1n) is 5.64. The maximum atomic E-state index is 13.4. The van der Waals surface area contributed by atoms with E-state index in [1.54, 1.807) is 6.08 Å². The van der Waals surface area contributed by atoms with Crippen LogP contribution >= 0.6 is 0 Å². The van der Waals surface area contributed by atoms with Crippen molar-refractivity contribution in [2.24, 2.45) is 10.8 Å². The summed E-state index contributed by atoms with van der Waals surface area (Å²) in [6, 6.07) is 3.52. The third-order valence-corrected chi connectivity index (χ3v) is 2.64. The number of allylic oxidation sites excluding steroid dienone is 1. The zero-order valence-electron chi connectivity index (χ0n) is 10.3. The fourth-order valence-electron chi connectivity index (χ4n) is 1.56. The minimum Gasteiger partial charge on any atom is -0.436 e. The topological polar surface area (TPSA) is 59.6 Å². The number of nitrogens with one attached hydrogen (secondary N) is 1. The number of nitrogens with zero attached hydrogens (tertiary/aromatic N) is 1. The highest BCUT2D eigenvalue weighted by molar-refractivity contribution is 5.81. The minimum absolute atomic E-state index is 0.189. The molecule has 0 amide bonds. The zero-order chi connectivity index (χ0) is 13.8. The van der Waals surface area contributed by atoms with Crippen molar-refractivity contribution in [1.29, 1.82) is 0 Å². The van der Waals surface area contributed by atoms with Gasteiger partial charge in [-0.3, -0.25) is 5.84 Å². The SMILES string of the molecule is CC1=CCC(Oc2c(F)cccc2F)=NC=C1NN. The Bertz CT molecular complexity index is 559. The first kappa shape index (κ1) is 13.2. The lowest BCUT2D eigenvalue weighted by molar-refractivity contribution is 0.442. The van der Waals surface area contributed by atoms with Crippen LogP contribution in [0.25, 0.3) is 0 Å². The average molecular weight is 265 g/mol. The molecule has 19 heavy (non-hydrogen) atoms. The molecular weight excluding hydrogens is 252 g/mol. The lowest BCUT2D eigenvalue weighted by atomic mass is 10.2. The Balaban J connectivity index is 2.25. The molecule has 0 spiro atoms. The van der Waals surface area contributed by atoms with Gasteiger partial charge in [0.2, 0.25) is 0 Å². The van der Waals surface area contributed by atoms with Gasteiger partial charge in [-0.05, 0) is 24.6 Å². The largest absolute Gasteiger partial charge is 0.436 e. The van der Waals surface area contributed by atoms with E-state index in [0.29, 0.717) is 12.1 Å². The summed E-state index contributed by atoms with van der Waals surface area (Å²) in [7, 11) is 0. The van der Waals surface area contributed by atoms with E-state index in [1.165, 1.54) is 12.3 Å². The van der Waals surface area contributed by atoms with E-state index in [-0.39, 0.29) is 5.90 Å². The van der Waals surface area contributed by atoms with Gasteiger partial charge in [0.15, 0.2) is 23.3 Å². The Kier molecular flexibility index (Phi) is 3.91. The lowest BCUT2D eigenvalue weighted by Gasteiger charge is -2.07. The highest BCUT2D eigenvalue weighted by Crippen LogP contribution is 2.22. The number of para-hydroxylation sites is 1. The highest BCUT2D eigenvalue weighted by atomic mass is 19.1. The molecule has 0 saturated heterocycles. The number of aliphatic imine (C=N–C) groups is 1. The van der Waals surface area contributed by atoms with Gasteiger partial charge < -0.3 is 10.2 Å². The molecule has 0 saturated carbocycles. The van der Waals surface area contributed by atoms with Crippen molar-refractivity contribution in [3.63, 3.8) is 0 Å². The second kappa shape index (κ2) is 5.62. The van der Waals surface area contributed by atoms with Crippen molar-refractivity contribution in [2.45, 2.75) is 13.3 Å². The van der Waals surface area contributed by atoms with Crippen molar-refractivity contribution < 1.29 is 13.5 Å². The van der Waals surface area contributed by atoms with Gasteiger partial charge in [-0.25, -0.2) is 13.8 Å². The van der Waals surface area contributed by atoms with E-state index in [0.717, 1.165) is 17.7 Å². The summed E-state index contributed by atoms with van der Waals surface area (Å²) in [5, 5.41) is 0. The summed E-state index contributed by atoms with van der Waals surface area (Å²) in [6.07, 6.45) is 3.57. The van der Waals surface area contributed by atoms with Gasteiger partial charge in [-0.2, -0.15) is 0 Å². The van der Waals surface area contributed by atoms with Crippen LogP contribution in [0.1, 0.15) is 13.3 Å². The summed E-state index contributed by atoms with van der Waals surface area (Å²) < 4.78 is 32.1. The van der Waals surface area contributed by atoms with Gasteiger partial charge in [0.05, 0.1) is 11.9 Å². The van der Waals surface area contributed by atoms with Crippen molar-refractivity contribution in [3.8, 4) is 5.75 Å². The van der Waals surface area contributed by atoms with Gasteiger partial charge in [-0.1, -0.05) is 12.1 Å². The molecule has 0 atom stereocenters. The molecule has 0 fully saturated rings. The van der Waals surface area contributed by atoms with Crippen molar-refractivity contribution >= 4 is 5.90 Å². The molecule has 2 rings (SSSR count). The Labute approximate surface area is 109 Å². The first-order valence-corrected chi connectivity index (χ1v) is 5.64. The number of nitrogens with two attached hydrogens (primary N) is 1. The molecule has 1 aromatic rings. The van der Waals surface area contributed by atoms with Crippen LogP contribution in [-0.2, 0) is 0 Å². The molecule has 0 bridgehead atoms. The molecule has 1 aliphatic rings. The van der Waals surface area contributed by atoms with Crippen molar-refractivity contribution in [1.82, 2.24) is 5.43 Å². The summed E-state index contributed by atoms with van der Waals surface area (Å²) in [4.78, 5) is 4.01. The molecule has 0 aliphatic carbocycles. The second-order valence-electron chi connectivity index (χ2n) is 3.95. The first-order chi connectivity index (χ1) is 9.11.